The van der Waals surface area contributed by atoms with Gasteiger partial charge in [0.05, 0.1) is 11.1 Å². The molecule has 0 aliphatic rings. The van der Waals surface area contributed by atoms with Crippen LogP contribution in [0.4, 0.5) is 0 Å². The Morgan fingerprint density at radius 1 is 0.377 bits per heavy atom. The third kappa shape index (κ3) is 10.7. The van der Waals surface area contributed by atoms with Gasteiger partial charge in [0.15, 0.2) is 0 Å². The minimum atomic E-state index is -1.03. The van der Waals surface area contributed by atoms with Crippen molar-refractivity contribution in [2.24, 2.45) is 0 Å². The molecule has 0 saturated heterocycles. The Labute approximate surface area is 400 Å². The predicted octanol–water partition coefficient (Wildman–Crippen LogP) is 12.2. The smallest absolute Gasteiger partial charge is 0.335 e. The second-order valence-electron chi connectivity index (χ2n) is 17.6. The number of phenolic OH excluding ortho intramolecular Hbond substituents is 4. The Morgan fingerprint density at radius 2 is 0.667 bits per heavy atom. The third-order valence-electron chi connectivity index (χ3n) is 12.3. The van der Waals surface area contributed by atoms with Gasteiger partial charge >= 0.3 is 11.9 Å². The van der Waals surface area contributed by atoms with Crippen LogP contribution >= 0.6 is 0 Å². The topological polar surface area (TPSA) is 174 Å². The average Bonchev–Trinajstić information content (AvgIpc) is 3.33. The highest BCUT2D eigenvalue weighted by Crippen LogP contribution is 2.47. The van der Waals surface area contributed by atoms with Gasteiger partial charge < -0.3 is 40.1 Å². The zero-order valence-electron chi connectivity index (χ0n) is 38.6. The number of aryl methyl sites for hydroxylation is 4. The number of hydrogen-bond acceptors (Lipinski definition) is 8. The van der Waals surface area contributed by atoms with Crippen LogP contribution in [0, 0.1) is 27.7 Å². The van der Waals surface area contributed by atoms with E-state index in [4.69, 9.17) is 9.47 Å². The molecule has 0 atom stereocenters. The standard InChI is InChI=1S/C59H52O10/c1-34-5-19-50(60)44(25-34)56(45-26-35(2)6-20-51(45)61)48-30-40(13-23-54(48)68-32-38-9-15-42(16-10-38)58(64)65)29-41-14-24-55(69-33-39-11-17-43(18-12-39)59(66)67)49(31-41)57(46-27-36(3)7-21-52(46)62)47-28-37(4)8-22-53(47)63/h5-28,30-31,56-57,60-63H,29,32-33H2,1-4H3,(H,64,65)(H,66,67). The number of ether oxygens (including phenoxy) is 2. The Bertz CT molecular complexity index is 2870. The number of rotatable bonds is 16. The second kappa shape index (κ2) is 20.2. The van der Waals surface area contributed by atoms with E-state index in [0.717, 1.165) is 44.5 Å². The molecule has 10 heteroatoms. The molecule has 0 aromatic heterocycles. The lowest BCUT2D eigenvalue weighted by Gasteiger charge is -2.26. The van der Waals surface area contributed by atoms with Gasteiger partial charge in [-0.05, 0) is 117 Å². The summed E-state index contributed by atoms with van der Waals surface area (Å²) in [6, 6.07) is 46.0. The molecule has 0 fully saturated rings. The molecule has 0 heterocycles. The Kier molecular flexibility index (Phi) is 13.7. The van der Waals surface area contributed by atoms with Crippen molar-refractivity contribution in [3.8, 4) is 34.5 Å². The maximum Gasteiger partial charge on any atom is 0.335 e. The summed E-state index contributed by atoms with van der Waals surface area (Å²) in [6.45, 7) is 7.95. The van der Waals surface area contributed by atoms with E-state index in [2.05, 4.69) is 0 Å². The number of benzene rings is 8. The van der Waals surface area contributed by atoms with E-state index < -0.39 is 23.8 Å². The average molecular weight is 921 g/mol. The molecule has 10 nitrogen and oxygen atoms in total. The number of hydrogen-bond donors (Lipinski definition) is 6. The van der Waals surface area contributed by atoms with Gasteiger partial charge in [0.2, 0.25) is 0 Å². The first kappa shape index (κ1) is 47.0. The molecule has 0 unspecified atom stereocenters. The molecule has 0 aliphatic heterocycles. The fraction of sp³-hybridized carbons (Fsp3) is 0.153. The summed E-state index contributed by atoms with van der Waals surface area (Å²) in [5.41, 5.74) is 10.7. The normalized spacial score (nSPS) is 11.2. The van der Waals surface area contributed by atoms with E-state index >= 15 is 0 Å². The quantitative estimate of drug-likeness (QED) is 0.0512. The lowest BCUT2D eigenvalue weighted by molar-refractivity contribution is 0.0686. The fourth-order valence-corrected chi connectivity index (χ4v) is 8.80. The van der Waals surface area contributed by atoms with Crippen LogP contribution in [-0.4, -0.2) is 42.6 Å². The summed E-state index contributed by atoms with van der Waals surface area (Å²) in [6.07, 6.45) is 0.381. The Balaban J connectivity index is 1.28. The molecular formula is C59H52O10. The van der Waals surface area contributed by atoms with Crippen molar-refractivity contribution < 1.29 is 49.7 Å². The van der Waals surface area contributed by atoms with Crippen LogP contribution in [0.25, 0.3) is 0 Å². The molecule has 0 bridgehead atoms. The SMILES string of the molecule is Cc1ccc(O)c(C(c2cc(C)ccc2O)c2cc(Cc3ccc(OCc4ccc(C(=O)O)cc4)c(C(c4cc(C)ccc4O)c4cc(C)ccc4O)c3)ccc2OCc2ccc(C(=O)O)cc2)c1. The molecular weight excluding hydrogens is 869 g/mol. The number of carboxylic acids is 2. The molecule has 8 rings (SSSR count). The summed E-state index contributed by atoms with van der Waals surface area (Å²) >= 11 is 0. The van der Waals surface area contributed by atoms with Crippen molar-refractivity contribution in [1.82, 2.24) is 0 Å². The summed E-state index contributed by atoms with van der Waals surface area (Å²) in [4.78, 5) is 23.2. The summed E-state index contributed by atoms with van der Waals surface area (Å²) in [7, 11) is 0. The van der Waals surface area contributed by atoms with E-state index in [1.165, 1.54) is 24.3 Å². The van der Waals surface area contributed by atoms with Crippen molar-refractivity contribution in [2.75, 3.05) is 0 Å². The van der Waals surface area contributed by atoms with Crippen LogP contribution in [0.2, 0.25) is 0 Å². The highest BCUT2D eigenvalue weighted by atomic mass is 16.5. The Morgan fingerprint density at radius 3 is 0.957 bits per heavy atom. The molecule has 0 aliphatic carbocycles. The van der Waals surface area contributed by atoms with Crippen LogP contribution < -0.4 is 9.47 Å². The van der Waals surface area contributed by atoms with E-state index in [9.17, 15) is 40.2 Å². The molecule has 0 amide bonds. The molecule has 0 saturated carbocycles. The van der Waals surface area contributed by atoms with Crippen molar-refractivity contribution in [2.45, 2.75) is 59.2 Å². The largest absolute Gasteiger partial charge is 0.508 e. The molecule has 8 aromatic rings. The van der Waals surface area contributed by atoms with Crippen LogP contribution in [0.3, 0.4) is 0 Å². The monoisotopic (exact) mass is 920 g/mol. The van der Waals surface area contributed by atoms with Gasteiger partial charge in [-0.1, -0.05) is 119 Å². The summed E-state index contributed by atoms with van der Waals surface area (Å²) in [5, 5.41) is 65.1. The zero-order chi connectivity index (χ0) is 48.9. The lowest BCUT2D eigenvalue weighted by Crippen LogP contribution is -2.10. The lowest BCUT2D eigenvalue weighted by atomic mass is 9.81. The van der Waals surface area contributed by atoms with Crippen LogP contribution in [0.15, 0.2) is 158 Å². The first-order valence-electron chi connectivity index (χ1n) is 22.5. The number of carbonyl (C=O) groups is 2. The van der Waals surface area contributed by atoms with Gasteiger partial charge in [-0.3, -0.25) is 0 Å². The number of aromatic hydroxyl groups is 4. The minimum absolute atomic E-state index is 0.0371. The molecule has 0 spiro atoms. The minimum Gasteiger partial charge on any atom is -0.508 e. The van der Waals surface area contributed by atoms with Crippen LogP contribution in [0.1, 0.15) is 110 Å². The predicted molar refractivity (Wildman–Crippen MR) is 264 cm³/mol. The molecule has 348 valence electrons. The molecule has 0 radical (unpaired) electrons. The van der Waals surface area contributed by atoms with Crippen LogP contribution in [-0.2, 0) is 19.6 Å². The fourth-order valence-electron chi connectivity index (χ4n) is 8.80. The highest BCUT2D eigenvalue weighted by Gasteiger charge is 2.29. The molecule has 6 N–H and O–H groups in total. The third-order valence-corrected chi connectivity index (χ3v) is 12.3. The first-order valence-corrected chi connectivity index (χ1v) is 22.5. The summed E-state index contributed by atoms with van der Waals surface area (Å²) < 4.78 is 13.2. The van der Waals surface area contributed by atoms with Crippen molar-refractivity contribution >= 4 is 11.9 Å². The second-order valence-corrected chi connectivity index (χ2v) is 17.6. The maximum atomic E-state index is 11.6. The van der Waals surface area contributed by atoms with Gasteiger partial charge in [-0.2, -0.15) is 0 Å². The van der Waals surface area contributed by atoms with Crippen molar-refractivity contribution in [3.05, 3.63) is 247 Å². The van der Waals surface area contributed by atoms with Crippen molar-refractivity contribution in [3.63, 3.8) is 0 Å². The molecule has 8 aromatic carbocycles. The maximum absolute atomic E-state index is 11.6. The van der Waals surface area contributed by atoms with Gasteiger partial charge in [-0.15, -0.1) is 0 Å². The van der Waals surface area contributed by atoms with E-state index in [0.29, 0.717) is 51.3 Å². The summed E-state index contributed by atoms with van der Waals surface area (Å²) in [5.74, 6) is -2.36. The first-order chi connectivity index (χ1) is 33.1. The van der Waals surface area contributed by atoms with Gasteiger partial charge in [-0.25, -0.2) is 9.59 Å². The van der Waals surface area contributed by atoms with Gasteiger partial charge in [0, 0.05) is 45.2 Å². The Hall–Kier alpha value is -8.50. The van der Waals surface area contributed by atoms with Crippen molar-refractivity contribution in [1.29, 1.82) is 0 Å². The van der Waals surface area contributed by atoms with E-state index in [-0.39, 0.29) is 47.3 Å². The van der Waals surface area contributed by atoms with Gasteiger partial charge in [0.25, 0.3) is 0 Å². The van der Waals surface area contributed by atoms with Gasteiger partial charge in [0.1, 0.15) is 47.7 Å². The van der Waals surface area contributed by atoms with E-state index in [1.54, 1.807) is 48.5 Å². The number of aromatic carboxylic acids is 2. The number of phenols is 4. The van der Waals surface area contributed by atoms with Crippen LogP contribution in [0.5, 0.6) is 34.5 Å². The highest BCUT2D eigenvalue weighted by molar-refractivity contribution is 5.88. The molecule has 69 heavy (non-hydrogen) atoms. The number of carboxylic acid groups (broad SMARTS) is 2. The zero-order valence-corrected chi connectivity index (χ0v) is 38.6. The van der Waals surface area contributed by atoms with E-state index in [1.807, 2.05) is 113 Å².